The lowest BCUT2D eigenvalue weighted by Crippen LogP contribution is -2.64. The minimum absolute atomic E-state index is 0.283. The van der Waals surface area contributed by atoms with E-state index in [0.717, 1.165) is 10.5 Å². The summed E-state index contributed by atoms with van der Waals surface area (Å²) in [6, 6.07) is 8.63. The lowest BCUT2D eigenvalue weighted by molar-refractivity contribution is 0.151. The van der Waals surface area contributed by atoms with E-state index >= 15 is 0 Å². The van der Waals surface area contributed by atoms with Gasteiger partial charge in [0.25, 0.3) is 0 Å². The van der Waals surface area contributed by atoms with Crippen molar-refractivity contribution >= 4 is 62.9 Å². The summed E-state index contributed by atoms with van der Waals surface area (Å²) in [5.74, 6) is -1.62. The first-order valence-electron chi connectivity index (χ1n) is 9.23. The van der Waals surface area contributed by atoms with E-state index in [1.807, 2.05) is 0 Å². The number of hydrogen-bond acceptors (Lipinski definition) is 4. The average molecular weight is 524 g/mol. The fraction of sp³-hybridized carbons (Fsp3) is 0.200. The van der Waals surface area contributed by atoms with Gasteiger partial charge >= 0.3 is 12.1 Å². The summed E-state index contributed by atoms with van der Waals surface area (Å²) in [7, 11) is 2.87. The number of guanidine groups is 2. The van der Waals surface area contributed by atoms with Gasteiger partial charge in [-0.05, 0) is 53.0 Å². The molecule has 0 heterocycles. The number of amides is 4. The lowest BCUT2D eigenvalue weighted by atomic mass is 10.2. The Kier molecular flexibility index (Phi) is 7.70. The van der Waals surface area contributed by atoms with Crippen LogP contribution in [-0.2, 0) is 0 Å². The van der Waals surface area contributed by atoms with Gasteiger partial charge in [0, 0.05) is 18.6 Å². The third kappa shape index (κ3) is 4.78. The summed E-state index contributed by atoms with van der Waals surface area (Å²) in [6.45, 7) is 3.55. The maximum Gasteiger partial charge on any atom is 0.351 e. The second kappa shape index (κ2) is 9.88. The topological polar surface area (TPSA) is 147 Å². The summed E-state index contributed by atoms with van der Waals surface area (Å²) < 4.78 is 0.612. The predicted octanol–water partition coefficient (Wildman–Crippen LogP) is 3.84. The van der Waals surface area contributed by atoms with E-state index in [0.29, 0.717) is 31.4 Å². The van der Waals surface area contributed by atoms with Crippen molar-refractivity contribution in [3.8, 4) is 0 Å². The first-order valence-corrected chi connectivity index (χ1v) is 10.4. The van der Waals surface area contributed by atoms with Gasteiger partial charge in [0.05, 0.1) is 16.4 Å². The van der Waals surface area contributed by atoms with Crippen LogP contribution in [0.2, 0.25) is 5.02 Å². The Labute approximate surface area is 199 Å². The molecule has 0 atom stereocenters. The molecule has 0 aliphatic carbocycles. The zero-order chi connectivity index (χ0) is 24.3. The highest BCUT2D eigenvalue weighted by Gasteiger charge is 2.37. The molecule has 0 radical (unpaired) electrons. The van der Waals surface area contributed by atoms with E-state index < -0.39 is 24.0 Å². The summed E-state index contributed by atoms with van der Waals surface area (Å²) in [5, 5.41) is 17.2. The van der Waals surface area contributed by atoms with Crippen molar-refractivity contribution in [2.45, 2.75) is 13.8 Å². The molecule has 0 aliphatic heterocycles. The highest BCUT2D eigenvalue weighted by Crippen LogP contribution is 2.31. The summed E-state index contributed by atoms with van der Waals surface area (Å²) in [6.07, 6.45) is 0. The fourth-order valence-electron chi connectivity index (χ4n) is 3.16. The number of nitrogens with one attached hydrogen (secondary N) is 2. The zero-order valence-corrected chi connectivity index (χ0v) is 20.3. The highest BCUT2D eigenvalue weighted by molar-refractivity contribution is 9.10. The lowest BCUT2D eigenvalue weighted by Gasteiger charge is -2.36. The number of anilines is 2. The standard InChI is InChI=1S/C20H24BrClN8O2/c1-11-7-5-9-13(21)15(11)27(3)19(31)29(17(23)24)30(18(25)26)20(32)28(4)16-12(2)8-6-10-14(16)22/h5-10H,1-4H3,(H3,23,24)(H3,25,26). The van der Waals surface area contributed by atoms with Crippen molar-refractivity contribution in [3.63, 3.8) is 0 Å². The van der Waals surface area contributed by atoms with Crippen LogP contribution in [0.25, 0.3) is 0 Å². The molecule has 32 heavy (non-hydrogen) atoms. The van der Waals surface area contributed by atoms with E-state index in [4.69, 9.17) is 33.9 Å². The van der Waals surface area contributed by atoms with Gasteiger partial charge in [-0.25, -0.2) is 9.59 Å². The maximum absolute atomic E-state index is 13.4. The van der Waals surface area contributed by atoms with Crippen molar-refractivity contribution in [2.24, 2.45) is 11.5 Å². The molecule has 2 aromatic rings. The zero-order valence-electron chi connectivity index (χ0n) is 18.0. The van der Waals surface area contributed by atoms with Gasteiger partial charge in [-0.1, -0.05) is 35.9 Å². The van der Waals surface area contributed by atoms with Crippen LogP contribution in [0.15, 0.2) is 40.9 Å². The number of urea groups is 2. The first-order chi connectivity index (χ1) is 14.9. The Balaban J connectivity index is 2.53. The third-order valence-corrected chi connectivity index (χ3v) is 5.59. The number of carbonyl (C=O) groups excluding carboxylic acids is 2. The monoisotopic (exact) mass is 522 g/mol. The number of rotatable bonds is 2. The molecule has 0 unspecified atom stereocenters. The Morgan fingerprint density at radius 3 is 1.66 bits per heavy atom. The average Bonchev–Trinajstić information content (AvgIpc) is 2.69. The van der Waals surface area contributed by atoms with E-state index in [2.05, 4.69) is 15.9 Å². The summed E-state index contributed by atoms with van der Waals surface area (Å²) >= 11 is 9.66. The number of hydrogen-bond donors (Lipinski definition) is 4. The number of hydrazine groups is 1. The molecule has 2 aromatic carbocycles. The van der Waals surface area contributed by atoms with Crippen molar-refractivity contribution in [2.75, 3.05) is 23.9 Å². The van der Waals surface area contributed by atoms with Crippen LogP contribution in [0.3, 0.4) is 0 Å². The van der Waals surface area contributed by atoms with Crippen LogP contribution < -0.4 is 21.3 Å². The normalized spacial score (nSPS) is 10.3. The summed E-state index contributed by atoms with van der Waals surface area (Å²) in [4.78, 5) is 29.0. The molecule has 2 rings (SSSR count). The largest absolute Gasteiger partial charge is 0.368 e. The van der Waals surface area contributed by atoms with Crippen molar-refractivity contribution in [1.29, 1.82) is 10.8 Å². The van der Waals surface area contributed by atoms with Crippen LogP contribution in [0.5, 0.6) is 0 Å². The van der Waals surface area contributed by atoms with E-state index in [9.17, 15) is 9.59 Å². The molecule has 10 nitrogen and oxygen atoms in total. The van der Waals surface area contributed by atoms with Crippen LogP contribution in [0.1, 0.15) is 11.1 Å². The number of para-hydroxylation sites is 2. The predicted molar refractivity (Wildman–Crippen MR) is 130 cm³/mol. The second-order valence-electron chi connectivity index (χ2n) is 6.89. The Hall–Kier alpha value is -3.31. The van der Waals surface area contributed by atoms with E-state index in [1.54, 1.807) is 50.2 Å². The number of nitrogens with zero attached hydrogens (tertiary/aromatic N) is 4. The van der Waals surface area contributed by atoms with Gasteiger partial charge in [0.1, 0.15) is 0 Å². The number of nitrogens with two attached hydrogens (primary N) is 2. The maximum atomic E-state index is 13.4. The number of carbonyl (C=O) groups is 2. The Bertz CT molecular complexity index is 967. The number of aryl methyl sites for hydroxylation is 2. The first kappa shape index (κ1) is 25.0. The second-order valence-corrected chi connectivity index (χ2v) is 8.15. The molecule has 12 heteroatoms. The van der Waals surface area contributed by atoms with Gasteiger partial charge in [0.2, 0.25) is 11.9 Å². The molecule has 0 saturated carbocycles. The van der Waals surface area contributed by atoms with Crippen molar-refractivity contribution < 1.29 is 9.59 Å². The molecule has 6 N–H and O–H groups in total. The van der Waals surface area contributed by atoms with E-state index in [-0.39, 0.29) is 5.02 Å². The van der Waals surface area contributed by atoms with E-state index in [1.165, 1.54) is 19.0 Å². The van der Waals surface area contributed by atoms with Gasteiger partial charge in [-0.3, -0.25) is 20.6 Å². The van der Waals surface area contributed by atoms with Gasteiger partial charge in [0.15, 0.2) is 0 Å². The third-order valence-electron chi connectivity index (χ3n) is 4.64. The Morgan fingerprint density at radius 1 is 0.844 bits per heavy atom. The van der Waals surface area contributed by atoms with Crippen molar-refractivity contribution in [1.82, 2.24) is 10.0 Å². The smallest absolute Gasteiger partial charge is 0.351 e. The Morgan fingerprint density at radius 2 is 1.25 bits per heavy atom. The van der Waals surface area contributed by atoms with Gasteiger partial charge in [-0.15, -0.1) is 0 Å². The quantitative estimate of drug-likeness (QED) is 0.269. The molecule has 0 spiro atoms. The fourth-order valence-corrected chi connectivity index (χ4v) is 4.24. The van der Waals surface area contributed by atoms with Crippen LogP contribution >= 0.6 is 27.5 Å². The molecule has 0 saturated heterocycles. The van der Waals surface area contributed by atoms with Gasteiger partial charge < -0.3 is 11.5 Å². The molecule has 170 valence electrons. The molecule has 0 aliphatic rings. The van der Waals surface area contributed by atoms with Crippen molar-refractivity contribution in [3.05, 3.63) is 57.0 Å². The minimum Gasteiger partial charge on any atom is -0.368 e. The molecule has 4 amide bonds. The molecule has 0 bridgehead atoms. The number of halogens is 2. The molecular weight excluding hydrogens is 500 g/mol. The SMILES string of the molecule is Cc1cccc(Cl)c1N(C)C(=O)N(C(=N)N)N(C(=N)N)C(=O)N(C)c1c(C)cccc1Br. The van der Waals surface area contributed by atoms with Crippen LogP contribution in [0.4, 0.5) is 21.0 Å². The molecular formula is C20H24BrClN8O2. The molecule has 0 fully saturated rings. The minimum atomic E-state index is -0.908. The van der Waals surface area contributed by atoms with Crippen LogP contribution in [0, 0.1) is 24.7 Å². The van der Waals surface area contributed by atoms with Crippen LogP contribution in [-0.4, -0.2) is 48.1 Å². The van der Waals surface area contributed by atoms with Gasteiger partial charge in [-0.2, -0.15) is 10.0 Å². The molecule has 0 aromatic heterocycles. The number of benzene rings is 2. The summed E-state index contributed by atoms with van der Waals surface area (Å²) in [5.41, 5.74) is 13.6. The highest BCUT2D eigenvalue weighted by atomic mass is 79.9.